The van der Waals surface area contributed by atoms with E-state index in [1.165, 1.54) is 29.2 Å². The Morgan fingerprint density at radius 1 is 1.09 bits per heavy atom. The highest BCUT2D eigenvalue weighted by Gasteiger charge is 2.15. The molecule has 0 aliphatic carbocycles. The van der Waals surface area contributed by atoms with Gasteiger partial charge in [-0.1, -0.05) is 18.2 Å². The maximum atomic E-state index is 12.9. The molecule has 2 amide bonds. The van der Waals surface area contributed by atoms with Crippen LogP contribution in [0.4, 0.5) is 16.2 Å². The molecule has 0 fully saturated rings. The molecule has 3 aromatic carbocycles. The number of aromatic nitrogens is 2. The van der Waals surface area contributed by atoms with Gasteiger partial charge in [-0.05, 0) is 43.3 Å². The Balaban J connectivity index is 1.45. The standard InChI is InChI=1S/C24H21N5O5/c1-2-28(15-22-26-21-9-4-3-8-20(21)23(30)27-22)24(31)25-16-6-5-7-19(14-16)34-18-12-10-17(11-13-18)29(32)33/h3-14H,2,15H2,1H3,(H,25,31)(H,26,27,30). The average Bonchev–Trinajstić information content (AvgIpc) is 2.83. The summed E-state index contributed by atoms with van der Waals surface area (Å²) < 4.78 is 5.73. The molecule has 0 unspecified atom stereocenters. The number of nitrogens with one attached hydrogen (secondary N) is 2. The lowest BCUT2D eigenvalue weighted by molar-refractivity contribution is -0.384. The molecule has 2 N–H and O–H groups in total. The van der Waals surface area contributed by atoms with Gasteiger partial charge in [-0.2, -0.15) is 0 Å². The number of carbonyl (C=O) groups excluding carboxylic acids is 1. The molecule has 10 heteroatoms. The van der Waals surface area contributed by atoms with Crippen molar-refractivity contribution in [2.75, 3.05) is 11.9 Å². The Kier molecular flexibility index (Phi) is 6.49. The second-order valence-corrected chi connectivity index (χ2v) is 7.36. The van der Waals surface area contributed by atoms with Crippen LogP contribution in [-0.2, 0) is 6.54 Å². The number of aromatic amines is 1. The van der Waals surface area contributed by atoms with E-state index >= 15 is 0 Å². The third kappa shape index (κ3) is 5.18. The smallest absolute Gasteiger partial charge is 0.322 e. The number of carbonyl (C=O) groups is 1. The summed E-state index contributed by atoms with van der Waals surface area (Å²) in [6.07, 6.45) is 0. The van der Waals surface area contributed by atoms with Crippen molar-refractivity contribution in [3.8, 4) is 11.5 Å². The third-order valence-electron chi connectivity index (χ3n) is 5.04. The van der Waals surface area contributed by atoms with Gasteiger partial charge in [-0.3, -0.25) is 14.9 Å². The highest BCUT2D eigenvalue weighted by molar-refractivity contribution is 5.89. The quantitative estimate of drug-likeness (QED) is 0.305. The molecule has 0 spiro atoms. The molecule has 1 aromatic heterocycles. The highest BCUT2D eigenvalue weighted by Crippen LogP contribution is 2.26. The number of non-ortho nitro benzene ring substituents is 1. The summed E-state index contributed by atoms with van der Waals surface area (Å²) in [7, 11) is 0. The minimum Gasteiger partial charge on any atom is -0.457 e. The van der Waals surface area contributed by atoms with E-state index in [9.17, 15) is 19.7 Å². The van der Waals surface area contributed by atoms with Crippen LogP contribution in [0.25, 0.3) is 10.9 Å². The van der Waals surface area contributed by atoms with Crippen LogP contribution in [0.15, 0.2) is 77.6 Å². The number of rotatable bonds is 7. The number of ether oxygens (including phenoxy) is 1. The number of anilines is 1. The van der Waals surface area contributed by atoms with Crippen LogP contribution in [0.2, 0.25) is 0 Å². The fourth-order valence-corrected chi connectivity index (χ4v) is 3.33. The molecule has 34 heavy (non-hydrogen) atoms. The molecular formula is C24H21N5O5. The molecular weight excluding hydrogens is 438 g/mol. The summed E-state index contributed by atoms with van der Waals surface area (Å²) in [6, 6.07) is 19.1. The molecule has 4 rings (SSSR count). The predicted molar refractivity (Wildman–Crippen MR) is 127 cm³/mol. The van der Waals surface area contributed by atoms with Crippen LogP contribution in [0, 0.1) is 10.1 Å². The maximum Gasteiger partial charge on any atom is 0.322 e. The van der Waals surface area contributed by atoms with E-state index in [0.717, 1.165) is 0 Å². The summed E-state index contributed by atoms with van der Waals surface area (Å²) in [5.74, 6) is 1.27. The Morgan fingerprint density at radius 3 is 2.59 bits per heavy atom. The predicted octanol–water partition coefficient (Wildman–Crippen LogP) is 4.68. The largest absolute Gasteiger partial charge is 0.457 e. The minimum atomic E-state index is -0.484. The Hall–Kier alpha value is -4.73. The van der Waals surface area contributed by atoms with Crippen LogP contribution < -0.4 is 15.6 Å². The number of nitrogens with zero attached hydrogens (tertiary/aromatic N) is 3. The van der Waals surface area contributed by atoms with Gasteiger partial charge in [0, 0.05) is 30.4 Å². The summed E-state index contributed by atoms with van der Waals surface area (Å²) in [4.78, 5) is 44.2. The number of urea groups is 1. The van der Waals surface area contributed by atoms with Gasteiger partial charge in [0.05, 0.1) is 22.4 Å². The van der Waals surface area contributed by atoms with Crippen LogP contribution in [-0.4, -0.2) is 32.4 Å². The lowest BCUT2D eigenvalue weighted by Crippen LogP contribution is -2.35. The van der Waals surface area contributed by atoms with Crippen LogP contribution in [0.1, 0.15) is 12.7 Å². The van der Waals surface area contributed by atoms with E-state index in [4.69, 9.17) is 4.74 Å². The number of para-hydroxylation sites is 1. The van der Waals surface area contributed by atoms with Crippen LogP contribution in [0.5, 0.6) is 11.5 Å². The van der Waals surface area contributed by atoms with E-state index in [1.54, 1.807) is 48.5 Å². The first-order valence-corrected chi connectivity index (χ1v) is 10.5. The monoisotopic (exact) mass is 459 g/mol. The minimum absolute atomic E-state index is 0.0322. The van der Waals surface area contributed by atoms with Gasteiger partial charge in [0.25, 0.3) is 11.2 Å². The van der Waals surface area contributed by atoms with Gasteiger partial charge >= 0.3 is 6.03 Å². The first-order chi connectivity index (χ1) is 16.4. The summed E-state index contributed by atoms with van der Waals surface area (Å²) >= 11 is 0. The van der Waals surface area contributed by atoms with Gasteiger partial charge in [0.15, 0.2) is 0 Å². The van der Waals surface area contributed by atoms with Crippen molar-refractivity contribution in [2.24, 2.45) is 0 Å². The maximum absolute atomic E-state index is 12.9. The van der Waals surface area contributed by atoms with Crippen molar-refractivity contribution in [1.29, 1.82) is 0 Å². The lowest BCUT2D eigenvalue weighted by Gasteiger charge is -2.21. The van der Waals surface area contributed by atoms with E-state index in [0.29, 0.717) is 40.5 Å². The van der Waals surface area contributed by atoms with Crippen LogP contribution >= 0.6 is 0 Å². The molecule has 0 atom stereocenters. The van der Waals surface area contributed by atoms with E-state index in [-0.39, 0.29) is 23.8 Å². The van der Waals surface area contributed by atoms with E-state index in [2.05, 4.69) is 15.3 Å². The van der Waals surface area contributed by atoms with Gasteiger partial charge in [-0.15, -0.1) is 0 Å². The number of fused-ring (bicyclic) bond motifs is 1. The number of H-pyrrole nitrogens is 1. The molecule has 172 valence electrons. The van der Waals surface area contributed by atoms with Crippen molar-refractivity contribution in [2.45, 2.75) is 13.5 Å². The normalized spacial score (nSPS) is 10.6. The Labute approximate surface area is 194 Å². The fraction of sp³-hybridized carbons (Fsp3) is 0.125. The zero-order valence-electron chi connectivity index (χ0n) is 18.2. The molecule has 10 nitrogen and oxygen atoms in total. The molecule has 1 heterocycles. The Bertz CT molecular complexity index is 1400. The van der Waals surface area contributed by atoms with Crippen LogP contribution in [0.3, 0.4) is 0 Å². The van der Waals surface area contributed by atoms with E-state index < -0.39 is 4.92 Å². The zero-order valence-corrected chi connectivity index (χ0v) is 18.2. The number of nitro benzene ring substituents is 1. The average molecular weight is 459 g/mol. The number of nitro groups is 1. The van der Waals surface area contributed by atoms with Gasteiger partial charge in [-0.25, -0.2) is 9.78 Å². The third-order valence-corrected chi connectivity index (χ3v) is 5.04. The molecule has 0 saturated carbocycles. The first kappa shape index (κ1) is 22.5. The van der Waals surface area contributed by atoms with Crippen molar-refractivity contribution in [1.82, 2.24) is 14.9 Å². The summed E-state index contributed by atoms with van der Waals surface area (Å²) in [5.41, 5.74) is 0.778. The first-order valence-electron chi connectivity index (χ1n) is 10.5. The number of hydrogen-bond donors (Lipinski definition) is 2. The molecule has 4 aromatic rings. The molecule has 0 radical (unpaired) electrons. The molecule has 0 aliphatic rings. The second-order valence-electron chi connectivity index (χ2n) is 7.36. The lowest BCUT2D eigenvalue weighted by atomic mass is 10.2. The summed E-state index contributed by atoms with van der Waals surface area (Å²) in [5, 5.41) is 14.1. The van der Waals surface area contributed by atoms with Crippen molar-refractivity contribution < 1.29 is 14.5 Å². The van der Waals surface area contributed by atoms with Crippen molar-refractivity contribution >= 4 is 28.3 Å². The van der Waals surface area contributed by atoms with Gasteiger partial charge < -0.3 is 19.9 Å². The summed E-state index contributed by atoms with van der Waals surface area (Å²) in [6.45, 7) is 2.34. The van der Waals surface area contributed by atoms with Gasteiger partial charge in [0.2, 0.25) is 0 Å². The SMILES string of the molecule is CCN(Cc1nc2ccccc2c(=O)[nH]1)C(=O)Nc1cccc(Oc2ccc([N+](=O)[O-])cc2)c1. The van der Waals surface area contributed by atoms with Gasteiger partial charge in [0.1, 0.15) is 17.3 Å². The fourth-order valence-electron chi connectivity index (χ4n) is 3.33. The number of amides is 2. The Morgan fingerprint density at radius 2 is 1.85 bits per heavy atom. The molecule has 0 bridgehead atoms. The highest BCUT2D eigenvalue weighted by atomic mass is 16.6. The van der Waals surface area contributed by atoms with Crippen molar-refractivity contribution in [3.05, 3.63) is 99.1 Å². The number of benzene rings is 3. The zero-order chi connectivity index (χ0) is 24.1. The topological polar surface area (TPSA) is 130 Å². The molecule has 0 aliphatic heterocycles. The number of hydrogen-bond acceptors (Lipinski definition) is 6. The second kappa shape index (κ2) is 9.82. The van der Waals surface area contributed by atoms with Crippen molar-refractivity contribution in [3.63, 3.8) is 0 Å². The van der Waals surface area contributed by atoms with E-state index in [1.807, 2.05) is 6.92 Å². The molecule has 0 saturated heterocycles.